The molecule has 7 heteroatoms. The van der Waals surface area contributed by atoms with Gasteiger partial charge in [0.25, 0.3) is 10.2 Å². The quantitative estimate of drug-likeness (QED) is 0.670. The molecule has 0 atom stereocenters. The minimum atomic E-state index is -3.33. The lowest BCUT2D eigenvalue weighted by Crippen LogP contribution is -2.37. The molecule has 0 unspecified atom stereocenters. The van der Waals surface area contributed by atoms with Gasteiger partial charge in [-0.2, -0.15) is 8.42 Å². The molecule has 17 heavy (non-hydrogen) atoms. The Morgan fingerprint density at radius 1 is 1.18 bits per heavy atom. The molecule has 0 fully saturated rings. The molecule has 0 spiro atoms. The van der Waals surface area contributed by atoms with Crippen molar-refractivity contribution in [2.45, 2.75) is 13.3 Å². The van der Waals surface area contributed by atoms with E-state index in [1.165, 1.54) is 0 Å². The number of hydrogen-bond donors (Lipinski definition) is 3. The van der Waals surface area contributed by atoms with Crippen molar-refractivity contribution in [2.24, 2.45) is 0 Å². The van der Waals surface area contributed by atoms with Crippen LogP contribution in [0.2, 0.25) is 0 Å². The number of anilines is 1. The van der Waals surface area contributed by atoms with Crippen molar-refractivity contribution in [3.05, 3.63) is 29.8 Å². The van der Waals surface area contributed by atoms with Gasteiger partial charge in [-0.15, -0.1) is 12.4 Å². The molecule has 1 aromatic carbocycles. The van der Waals surface area contributed by atoms with E-state index in [1.54, 1.807) is 19.1 Å². The van der Waals surface area contributed by atoms with Gasteiger partial charge < -0.3 is 5.73 Å². The third-order valence-electron chi connectivity index (χ3n) is 2.02. The van der Waals surface area contributed by atoms with Crippen LogP contribution in [0.5, 0.6) is 0 Å². The number of benzene rings is 1. The van der Waals surface area contributed by atoms with Gasteiger partial charge in [0.15, 0.2) is 0 Å². The molecule has 0 heterocycles. The fourth-order valence-corrected chi connectivity index (χ4v) is 2.11. The molecule has 0 aromatic heterocycles. The average molecular weight is 280 g/mol. The molecule has 0 aliphatic rings. The Bertz CT molecular complexity index is 420. The molecule has 1 rings (SSSR count). The maximum absolute atomic E-state index is 11.2. The number of halogens is 1. The molecule has 0 aliphatic carbocycles. The van der Waals surface area contributed by atoms with Crippen molar-refractivity contribution >= 4 is 28.3 Å². The lowest BCUT2D eigenvalue weighted by atomic mass is 10.1. The molecule has 0 radical (unpaired) electrons. The molecule has 0 aliphatic heterocycles. The molecule has 1 aromatic rings. The molecule has 0 amide bonds. The van der Waals surface area contributed by atoms with E-state index < -0.39 is 10.2 Å². The van der Waals surface area contributed by atoms with Gasteiger partial charge >= 0.3 is 0 Å². The van der Waals surface area contributed by atoms with Gasteiger partial charge in [-0.25, -0.2) is 9.44 Å². The standard InChI is InChI=1S/C10H17N3O2S.ClH/c1-2-12-16(14,15)13-8-7-9-3-5-10(11)6-4-9;/h3-6,12-13H,2,7-8,11H2,1H3;1H. The molecule has 0 bridgehead atoms. The van der Waals surface area contributed by atoms with Crippen LogP contribution < -0.4 is 15.2 Å². The van der Waals surface area contributed by atoms with Gasteiger partial charge in [0.1, 0.15) is 0 Å². The van der Waals surface area contributed by atoms with Crippen molar-refractivity contribution in [3.63, 3.8) is 0 Å². The third kappa shape index (κ3) is 6.48. The van der Waals surface area contributed by atoms with Crippen LogP contribution >= 0.6 is 12.4 Å². The van der Waals surface area contributed by atoms with E-state index in [-0.39, 0.29) is 12.4 Å². The fourth-order valence-electron chi connectivity index (χ4n) is 1.26. The second kappa shape index (κ2) is 7.50. The van der Waals surface area contributed by atoms with Gasteiger partial charge in [-0.1, -0.05) is 19.1 Å². The van der Waals surface area contributed by atoms with Crippen molar-refractivity contribution in [1.29, 1.82) is 0 Å². The predicted molar refractivity (Wildman–Crippen MR) is 72.4 cm³/mol. The smallest absolute Gasteiger partial charge is 0.276 e. The van der Waals surface area contributed by atoms with Crippen molar-refractivity contribution < 1.29 is 8.42 Å². The second-order valence-electron chi connectivity index (χ2n) is 3.39. The van der Waals surface area contributed by atoms with E-state index in [2.05, 4.69) is 9.44 Å². The summed E-state index contributed by atoms with van der Waals surface area (Å²) < 4.78 is 27.3. The average Bonchev–Trinajstić information content (AvgIpc) is 2.20. The van der Waals surface area contributed by atoms with Crippen LogP contribution in [0.3, 0.4) is 0 Å². The highest BCUT2D eigenvalue weighted by Gasteiger charge is 2.05. The van der Waals surface area contributed by atoms with Gasteiger partial charge in [0.2, 0.25) is 0 Å². The lowest BCUT2D eigenvalue weighted by Gasteiger charge is -2.06. The Balaban J connectivity index is 0.00000256. The summed E-state index contributed by atoms with van der Waals surface area (Å²) in [6.45, 7) is 2.50. The van der Waals surface area contributed by atoms with Crippen molar-refractivity contribution in [3.8, 4) is 0 Å². The Kier molecular flexibility index (Phi) is 7.13. The van der Waals surface area contributed by atoms with Crippen molar-refractivity contribution in [2.75, 3.05) is 18.8 Å². The first kappa shape index (κ1) is 16.2. The van der Waals surface area contributed by atoms with Crippen LogP contribution in [0, 0.1) is 0 Å². The normalized spacial score (nSPS) is 10.9. The number of nitrogens with two attached hydrogens (primary N) is 1. The van der Waals surface area contributed by atoms with Crippen LogP contribution in [0.25, 0.3) is 0 Å². The van der Waals surface area contributed by atoms with E-state index >= 15 is 0 Å². The van der Waals surface area contributed by atoms with Gasteiger partial charge in [0, 0.05) is 18.8 Å². The summed E-state index contributed by atoms with van der Waals surface area (Å²) in [5, 5.41) is 0. The summed E-state index contributed by atoms with van der Waals surface area (Å²) >= 11 is 0. The highest BCUT2D eigenvalue weighted by molar-refractivity contribution is 7.87. The lowest BCUT2D eigenvalue weighted by molar-refractivity contribution is 0.569. The number of hydrogen-bond acceptors (Lipinski definition) is 3. The summed E-state index contributed by atoms with van der Waals surface area (Å²) in [4.78, 5) is 0. The van der Waals surface area contributed by atoms with E-state index in [9.17, 15) is 8.42 Å². The molecular weight excluding hydrogens is 262 g/mol. The first-order valence-electron chi connectivity index (χ1n) is 5.12. The van der Waals surface area contributed by atoms with Crippen LogP contribution in [-0.4, -0.2) is 21.5 Å². The molecule has 5 nitrogen and oxygen atoms in total. The first-order chi connectivity index (χ1) is 7.53. The first-order valence-corrected chi connectivity index (χ1v) is 6.60. The van der Waals surface area contributed by atoms with E-state index in [0.717, 1.165) is 5.56 Å². The highest BCUT2D eigenvalue weighted by Crippen LogP contribution is 2.05. The van der Waals surface area contributed by atoms with Crippen LogP contribution in [0.4, 0.5) is 5.69 Å². The summed E-state index contributed by atoms with van der Waals surface area (Å²) in [5.41, 5.74) is 7.30. The summed E-state index contributed by atoms with van der Waals surface area (Å²) in [7, 11) is -3.33. The minimum absolute atomic E-state index is 0. The van der Waals surface area contributed by atoms with E-state index in [1.807, 2.05) is 12.1 Å². The minimum Gasteiger partial charge on any atom is -0.399 e. The summed E-state index contributed by atoms with van der Waals surface area (Å²) in [5.74, 6) is 0. The zero-order chi connectivity index (χ0) is 12.0. The van der Waals surface area contributed by atoms with Gasteiger partial charge in [-0.05, 0) is 24.1 Å². The predicted octanol–water partition coefficient (Wildman–Crippen LogP) is 0.677. The van der Waals surface area contributed by atoms with Crippen LogP contribution in [0.1, 0.15) is 12.5 Å². The largest absolute Gasteiger partial charge is 0.399 e. The number of rotatable bonds is 6. The zero-order valence-corrected chi connectivity index (χ0v) is 11.3. The number of nitrogen functional groups attached to an aromatic ring is 1. The Morgan fingerprint density at radius 3 is 2.29 bits per heavy atom. The maximum atomic E-state index is 11.2. The van der Waals surface area contributed by atoms with Crippen molar-refractivity contribution in [1.82, 2.24) is 9.44 Å². The van der Waals surface area contributed by atoms with E-state index in [0.29, 0.717) is 25.2 Å². The molecule has 98 valence electrons. The zero-order valence-electron chi connectivity index (χ0n) is 9.64. The SMILES string of the molecule is CCNS(=O)(=O)NCCc1ccc(N)cc1.Cl. The molecular formula is C10H18ClN3O2S. The maximum Gasteiger partial charge on any atom is 0.276 e. The van der Waals surface area contributed by atoms with Gasteiger partial charge in [0.05, 0.1) is 0 Å². The third-order valence-corrected chi connectivity index (χ3v) is 3.27. The van der Waals surface area contributed by atoms with Crippen LogP contribution in [-0.2, 0) is 16.6 Å². The molecule has 4 N–H and O–H groups in total. The Hall–Kier alpha value is -0.820. The van der Waals surface area contributed by atoms with E-state index in [4.69, 9.17) is 5.73 Å². The number of nitrogens with one attached hydrogen (secondary N) is 2. The second-order valence-corrected chi connectivity index (χ2v) is 4.97. The van der Waals surface area contributed by atoms with Gasteiger partial charge in [-0.3, -0.25) is 0 Å². The monoisotopic (exact) mass is 279 g/mol. The molecule has 0 saturated heterocycles. The summed E-state index contributed by atoms with van der Waals surface area (Å²) in [6.07, 6.45) is 0.644. The fraction of sp³-hybridized carbons (Fsp3) is 0.400. The van der Waals surface area contributed by atoms with Crippen LogP contribution in [0.15, 0.2) is 24.3 Å². The summed E-state index contributed by atoms with van der Waals surface area (Å²) in [6, 6.07) is 7.37. The topological polar surface area (TPSA) is 84.2 Å². The molecule has 0 saturated carbocycles. The Morgan fingerprint density at radius 2 is 1.76 bits per heavy atom. The highest BCUT2D eigenvalue weighted by atomic mass is 35.5. The Labute approximate surface area is 108 Å².